The summed E-state index contributed by atoms with van der Waals surface area (Å²) in [6.07, 6.45) is 4.83. The average Bonchev–Trinajstić information content (AvgIpc) is 2.62. The first-order valence-corrected chi connectivity index (χ1v) is 8.77. The number of hydrogen-bond acceptors (Lipinski definition) is 4. The summed E-state index contributed by atoms with van der Waals surface area (Å²) in [6.45, 7) is 0.0870. The number of allylic oxidation sites excluding steroid dienone is 1. The van der Waals surface area contributed by atoms with E-state index in [4.69, 9.17) is 10.5 Å². The van der Waals surface area contributed by atoms with Crippen LogP contribution >= 0.6 is 11.8 Å². The highest BCUT2D eigenvalue weighted by molar-refractivity contribution is 7.99. The number of halogens is 1. The lowest BCUT2D eigenvalue weighted by atomic mass is 10.0. The van der Waals surface area contributed by atoms with E-state index in [0.717, 1.165) is 17.7 Å². The molecule has 0 spiro atoms. The Kier molecular flexibility index (Phi) is 5.20. The van der Waals surface area contributed by atoms with E-state index in [0.29, 0.717) is 5.56 Å². The Bertz CT molecular complexity index is 761. The molecule has 2 N–H and O–H groups in total. The number of esters is 1. The van der Waals surface area contributed by atoms with Crippen LogP contribution in [0.4, 0.5) is 10.1 Å². The molecule has 1 heterocycles. The number of anilines is 1. The van der Waals surface area contributed by atoms with Gasteiger partial charge in [0.2, 0.25) is 0 Å². The first-order chi connectivity index (χ1) is 11.7. The van der Waals surface area contributed by atoms with Crippen molar-refractivity contribution in [3.8, 4) is 0 Å². The van der Waals surface area contributed by atoms with Crippen LogP contribution in [0.2, 0.25) is 0 Å². The molecule has 0 aromatic heterocycles. The largest absolute Gasteiger partial charge is 0.457 e. The molecule has 0 radical (unpaired) electrons. The third-order valence-electron chi connectivity index (χ3n) is 3.88. The van der Waals surface area contributed by atoms with E-state index >= 15 is 0 Å². The maximum Gasteiger partial charge on any atom is 0.343 e. The molecule has 0 saturated carbocycles. The molecule has 1 atom stereocenters. The molecule has 0 fully saturated rings. The van der Waals surface area contributed by atoms with Gasteiger partial charge in [0.15, 0.2) is 0 Å². The van der Waals surface area contributed by atoms with Crippen LogP contribution in [-0.2, 0) is 11.3 Å². The van der Waals surface area contributed by atoms with Crippen LogP contribution < -0.4 is 5.73 Å². The number of ether oxygens (including phenoxy) is 1. The summed E-state index contributed by atoms with van der Waals surface area (Å²) < 4.78 is 20.1. The van der Waals surface area contributed by atoms with Crippen molar-refractivity contribution in [2.45, 2.75) is 18.3 Å². The van der Waals surface area contributed by atoms with Gasteiger partial charge in [-0.05, 0) is 18.1 Å². The number of nitrogens with two attached hydrogens (primary N) is 1. The highest BCUT2D eigenvalue weighted by Gasteiger charge is 2.25. The number of rotatable bonds is 4. The lowest BCUT2D eigenvalue weighted by molar-refractivity contribution is 0.0468. The van der Waals surface area contributed by atoms with Gasteiger partial charge in [0.05, 0.1) is 0 Å². The highest BCUT2D eigenvalue weighted by Crippen LogP contribution is 2.38. The van der Waals surface area contributed by atoms with Gasteiger partial charge in [-0.25, -0.2) is 9.18 Å². The predicted octanol–water partition coefficient (Wildman–Crippen LogP) is 4.50. The van der Waals surface area contributed by atoms with Crippen LogP contribution in [0.1, 0.15) is 33.2 Å². The van der Waals surface area contributed by atoms with Crippen molar-refractivity contribution in [1.29, 1.82) is 0 Å². The van der Waals surface area contributed by atoms with E-state index in [1.807, 2.05) is 36.4 Å². The summed E-state index contributed by atoms with van der Waals surface area (Å²) in [6, 6.07) is 12.5. The molecule has 2 aromatic rings. The summed E-state index contributed by atoms with van der Waals surface area (Å²) in [5, 5.41) is -0.00345. The van der Waals surface area contributed by atoms with Crippen molar-refractivity contribution in [2.75, 3.05) is 11.5 Å². The topological polar surface area (TPSA) is 52.3 Å². The first kappa shape index (κ1) is 16.6. The molecule has 1 aliphatic rings. The van der Waals surface area contributed by atoms with Gasteiger partial charge in [0.25, 0.3) is 0 Å². The summed E-state index contributed by atoms with van der Waals surface area (Å²) in [5.74, 6) is -0.463. The molecular formula is C19H18FNO2S. The zero-order valence-electron chi connectivity index (χ0n) is 13.1. The maximum absolute atomic E-state index is 14.9. The van der Waals surface area contributed by atoms with Gasteiger partial charge >= 0.3 is 5.97 Å². The van der Waals surface area contributed by atoms with E-state index < -0.39 is 11.8 Å². The molecule has 1 unspecified atom stereocenters. The fourth-order valence-electron chi connectivity index (χ4n) is 2.60. The van der Waals surface area contributed by atoms with Crippen molar-refractivity contribution in [3.63, 3.8) is 0 Å². The molecule has 0 amide bonds. The quantitative estimate of drug-likeness (QED) is 0.504. The van der Waals surface area contributed by atoms with Gasteiger partial charge in [-0.1, -0.05) is 48.6 Å². The normalized spacial score (nSPS) is 16.8. The van der Waals surface area contributed by atoms with Crippen LogP contribution in [0.3, 0.4) is 0 Å². The molecule has 1 aliphatic heterocycles. The molecule has 0 saturated heterocycles. The fraction of sp³-hybridized carbons (Fsp3) is 0.211. The second kappa shape index (κ2) is 7.53. The Morgan fingerprint density at radius 1 is 1.21 bits per heavy atom. The fourth-order valence-corrected chi connectivity index (χ4v) is 3.69. The van der Waals surface area contributed by atoms with E-state index in [1.165, 1.54) is 0 Å². The van der Waals surface area contributed by atoms with Crippen LogP contribution in [0, 0.1) is 5.82 Å². The molecular weight excluding hydrogens is 325 g/mol. The van der Waals surface area contributed by atoms with Crippen LogP contribution in [-0.4, -0.2) is 11.7 Å². The van der Waals surface area contributed by atoms with Gasteiger partial charge < -0.3 is 10.5 Å². The van der Waals surface area contributed by atoms with Crippen LogP contribution in [0.15, 0.2) is 54.6 Å². The third-order valence-corrected chi connectivity index (χ3v) is 5.11. The monoisotopic (exact) mass is 343 g/mol. The lowest BCUT2D eigenvalue weighted by Crippen LogP contribution is -2.13. The van der Waals surface area contributed by atoms with E-state index in [-0.39, 0.29) is 23.1 Å². The highest BCUT2D eigenvalue weighted by atomic mass is 32.2. The third kappa shape index (κ3) is 3.62. The molecule has 24 heavy (non-hydrogen) atoms. The predicted molar refractivity (Wildman–Crippen MR) is 95.3 cm³/mol. The van der Waals surface area contributed by atoms with E-state index in [1.54, 1.807) is 23.9 Å². The minimum Gasteiger partial charge on any atom is -0.457 e. The van der Waals surface area contributed by atoms with Crippen molar-refractivity contribution in [2.24, 2.45) is 0 Å². The standard InChI is InChI=1S/C19H18FNO2S/c20-18-14(16-8-4-5-11-24-16)9-10-15(21)17(18)19(22)23-12-13-6-2-1-3-7-13/h1-7,9-10,16H,8,11-12,21H2. The minimum absolute atomic E-state index is 0.00345. The van der Waals surface area contributed by atoms with Gasteiger partial charge in [-0.15, -0.1) is 11.8 Å². The number of carbonyl (C=O) groups is 1. The van der Waals surface area contributed by atoms with Gasteiger partial charge in [-0.2, -0.15) is 0 Å². The summed E-state index contributed by atoms with van der Waals surface area (Å²) in [7, 11) is 0. The Balaban J connectivity index is 1.81. The van der Waals surface area contributed by atoms with Crippen LogP contribution in [0.5, 0.6) is 0 Å². The SMILES string of the molecule is Nc1ccc(C2CC=CCS2)c(F)c1C(=O)OCc1ccccc1. The lowest BCUT2D eigenvalue weighted by Gasteiger charge is -2.20. The second-order valence-electron chi connectivity index (χ2n) is 5.52. The van der Waals surface area contributed by atoms with Crippen molar-refractivity contribution >= 4 is 23.4 Å². The van der Waals surface area contributed by atoms with Crippen LogP contribution in [0.25, 0.3) is 0 Å². The summed E-state index contributed by atoms with van der Waals surface area (Å²) in [5.41, 5.74) is 7.11. The van der Waals surface area contributed by atoms with E-state index in [2.05, 4.69) is 6.08 Å². The van der Waals surface area contributed by atoms with Crippen molar-refractivity contribution < 1.29 is 13.9 Å². The number of benzene rings is 2. The van der Waals surface area contributed by atoms with Gasteiger partial charge in [0, 0.05) is 22.3 Å². The molecule has 2 aromatic carbocycles. The zero-order valence-corrected chi connectivity index (χ0v) is 13.9. The van der Waals surface area contributed by atoms with Gasteiger partial charge in [0.1, 0.15) is 18.0 Å². The molecule has 3 nitrogen and oxygen atoms in total. The molecule has 0 aliphatic carbocycles. The molecule has 124 valence electrons. The Labute approximate surface area is 144 Å². The Hall–Kier alpha value is -2.27. The number of thioether (sulfide) groups is 1. The molecule has 0 bridgehead atoms. The molecule has 5 heteroatoms. The second-order valence-corrected chi connectivity index (χ2v) is 6.76. The zero-order chi connectivity index (χ0) is 16.9. The van der Waals surface area contributed by atoms with Crippen molar-refractivity contribution in [3.05, 3.63) is 77.1 Å². The molecule has 3 rings (SSSR count). The average molecular weight is 343 g/mol. The minimum atomic E-state index is -0.730. The maximum atomic E-state index is 14.9. The van der Waals surface area contributed by atoms with E-state index in [9.17, 15) is 9.18 Å². The Morgan fingerprint density at radius 2 is 2.00 bits per heavy atom. The number of carbonyl (C=O) groups excluding carboxylic acids is 1. The first-order valence-electron chi connectivity index (χ1n) is 7.72. The number of nitrogen functional groups attached to an aromatic ring is 1. The summed E-state index contributed by atoms with van der Waals surface area (Å²) >= 11 is 1.65. The van der Waals surface area contributed by atoms with Crippen molar-refractivity contribution in [1.82, 2.24) is 0 Å². The smallest absolute Gasteiger partial charge is 0.343 e. The Morgan fingerprint density at radius 3 is 2.71 bits per heavy atom. The summed E-state index contributed by atoms with van der Waals surface area (Å²) in [4.78, 5) is 12.3. The number of hydrogen-bond donors (Lipinski definition) is 1. The van der Waals surface area contributed by atoms with Gasteiger partial charge in [-0.3, -0.25) is 0 Å².